The van der Waals surface area contributed by atoms with Gasteiger partial charge in [0.15, 0.2) is 5.17 Å². The zero-order valence-corrected chi connectivity index (χ0v) is 16.0. The molecule has 0 saturated heterocycles. The average molecular weight is 391 g/mol. The van der Waals surface area contributed by atoms with E-state index in [-0.39, 0.29) is 5.02 Å². The van der Waals surface area contributed by atoms with Gasteiger partial charge in [-0.15, -0.1) is 0 Å². The number of nitrogens with zero attached hydrogens (tertiary/aromatic N) is 3. The number of benzene rings is 1. The van der Waals surface area contributed by atoms with Gasteiger partial charge in [0, 0.05) is 10.9 Å². The minimum atomic E-state index is -0.460. The van der Waals surface area contributed by atoms with Crippen molar-refractivity contribution >= 4 is 45.6 Å². The normalized spacial score (nSPS) is 17.1. The van der Waals surface area contributed by atoms with Crippen LogP contribution in [0.15, 0.2) is 45.4 Å². The lowest BCUT2D eigenvalue weighted by Crippen LogP contribution is -2.10. The third-order valence-corrected chi connectivity index (χ3v) is 5.51. The van der Waals surface area contributed by atoms with Crippen LogP contribution in [0.4, 0.5) is 11.4 Å². The first kappa shape index (κ1) is 18.5. The van der Waals surface area contributed by atoms with Gasteiger partial charge < -0.3 is 5.32 Å². The zero-order valence-electron chi connectivity index (χ0n) is 14.4. The van der Waals surface area contributed by atoms with E-state index < -0.39 is 5.56 Å². The van der Waals surface area contributed by atoms with E-state index in [0.29, 0.717) is 10.9 Å². The highest BCUT2D eigenvalue weighted by molar-refractivity contribution is 8.15. The van der Waals surface area contributed by atoms with E-state index in [4.69, 9.17) is 11.6 Å². The van der Waals surface area contributed by atoms with Crippen LogP contribution in [0.1, 0.15) is 25.8 Å². The second kappa shape index (κ2) is 8.37. The largest absolute Gasteiger partial charge is 0.335 e. The van der Waals surface area contributed by atoms with Gasteiger partial charge in [-0.25, -0.2) is 5.10 Å². The van der Waals surface area contributed by atoms with Crippen molar-refractivity contribution in [1.82, 2.24) is 10.2 Å². The van der Waals surface area contributed by atoms with Gasteiger partial charge in [0.25, 0.3) is 5.56 Å². The van der Waals surface area contributed by atoms with E-state index in [1.54, 1.807) is 11.8 Å². The molecule has 3 N–H and O–H groups in total. The smallest absolute Gasteiger partial charge is 0.285 e. The van der Waals surface area contributed by atoms with Crippen molar-refractivity contribution in [2.45, 2.75) is 25.5 Å². The summed E-state index contributed by atoms with van der Waals surface area (Å²) in [6.45, 7) is 4.92. The Labute approximate surface area is 160 Å². The monoisotopic (exact) mass is 390 g/mol. The van der Waals surface area contributed by atoms with Crippen LogP contribution in [-0.2, 0) is 0 Å². The van der Waals surface area contributed by atoms with Gasteiger partial charge in [0.05, 0.1) is 18.5 Å². The molecule has 136 valence electrons. The minimum Gasteiger partial charge on any atom is -0.335 e. The Morgan fingerprint density at radius 2 is 2.19 bits per heavy atom. The number of H-pyrrole nitrogens is 1. The molecule has 1 atom stereocenters. The van der Waals surface area contributed by atoms with Crippen molar-refractivity contribution in [3.05, 3.63) is 51.4 Å². The number of aromatic nitrogens is 2. The lowest BCUT2D eigenvalue weighted by molar-refractivity contribution is 0.843. The second-order valence-corrected chi connectivity index (χ2v) is 7.40. The maximum Gasteiger partial charge on any atom is 0.285 e. The van der Waals surface area contributed by atoms with E-state index >= 15 is 0 Å². The predicted octanol–water partition coefficient (Wildman–Crippen LogP) is 3.55. The fourth-order valence-corrected chi connectivity index (χ4v) is 3.38. The van der Waals surface area contributed by atoms with E-state index in [1.165, 1.54) is 6.20 Å². The van der Waals surface area contributed by atoms with E-state index in [1.807, 2.05) is 31.2 Å². The van der Waals surface area contributed by atoms with Crippen LogP contribution in [0.3, 0.4) is 0 Å². The Morgan fingerprint density at radius 1 is 1.42 bits per heavy atom. The van der Waals surface area contributed by atoms with Crippen molar-refractivity contribution < 1.29 is 0 Å². The Balaban J connectivity index is 1.64. The number of aliphatic imine (C=N–C) groups is 1. The highest BCUT2D eigenvalue weighted by Crippen LogP contribution is 2.24. The van der Waals surface area contributed by atoms with E-state index in [0.717, 1.165) is 35.1 Å². The first-order chi connectivity index (χ1) is 12.6. The summed E-state index contributed by atoms with van der Waals surface area (Å²) in [6, 6.07) is 7.91. The maximum atomic E-state index is 11.4. The molecule has 26 heavy (non-hydrogen) atoms. The van der Waals surface area contributed by atoms with E-state index in [9.17, 15) is 4.79 Å². The van der Waals surface area contributed by atoms with Gasteiger partial charge in [-0.1, -0.05) is 42.4 Å². The summed E-state index contributed by atoms with van der Waals surface area (Å²) in [7, 11) is 0. The lowest BCUT2D eigenvalue weighted by atomic mass is 10.1. The SMILES string of the molecule is CC[C@H]1CN=C(Nc2ccc(/C(C)=N\Nc3cn[nH]c(=O)c3Cl)cc2)S1. The summed E-state index contributed by atoms with van der Waals surface area (Å²) in [5, 5.41) is 15.1. The quantitative estimate of drug-likeness (QED) is 0.536. The van der Waals surface area contributed by atoms with Gasteiger partial charge in [-0.3, -0.25) is 15.2 Å². The number of aromatic amines is 1. The molecule has 0 unspecified atom stereocenters. The molecule has 3 rings (SSSR count). The topological polar surface area (TPSA) is 94.5 Å². The van der Waals surface area contributed by atoms with Gasteiger partial charge >= 0.3 is 0 Å². The molecule has 2 aromatic rings. The second-order valence-electron chi connectivity index (χ2n) is 5.73. The summed E-state index contributed by atoms with van der Waals surface area (Å²) >= 11 is 7.69. The van der Waals surface area contributed by atoms with Crippen molar-refractivity contribution in [2.24, 2.45) is 10.1 Å². The molecular weight excluding hydrogens is 372 g/mol. The number of rotatable bonds is 5. The van der Waals surface area contributed by atoms with Gasteiger partial charge in [0.2, 0.25) is 0 Å². The molecule has 1 aliphatic heterocycles. The summed E-state index contributed by atoms with van der Waals surface area (Å²) in [6.07, 6.45) is 2.53. The summed E-state index contributed by atoms with van der Waals surface area (Å²) in [5.74, 6) is 0. The van der Waals surface area contributed by atoms with Crippen LogP contribution in [-0.4, -0.2) is 32.9 Å². The zero-order chi connectivity index (χ0) is 18.5. The predicted molar refractivity (Wildman–Crippen MR) is 110 cm³/mol. The molecule has 0 bridgehead atoms. The van der Waals surface area contributed by atoms with E-state index in [2.05, 4.69) is 38.0 Å². The molecule has 0 spiro atoms. The molecular formula is C17H19ClN6OS. The molecule has 0 saturated carbocycles. The Kier molecular flexibility index (Phi) is 5.95. The molecule has 7 nitrogen and oxygen atoms in total. The highest BCUT2D eigenvalue weighted by atomic mass is 35.5. The van der Waals surface area contributed by atoms with Crippen LogP contribution in [0, 0.1) is 0 Å². The van der Waals surface area contributed by atoms with Gasteiger partial charge in [-0.05, 0) is 31.0 Å². The van der Waals surface area contributed by atoms with Gasteiger partial charge in [0.1, 0.15) is 10.7 Å². The number of halogens is 1. The van der Waals surface area contributed by atoms with Crippen molar-refractivity contribution in [3.8, 4) is 0 Å². The minimum absolute atomic E-state index is 0.0244. The molecule has 0 fully saturated rings. The first-order valence-corrected chi connectivity index (χ1v) is 9.44. The number of thioether (sulfide) groups is 1. The third-order valence-electron chi connectivity index (χ3n) is 3.87. The highest BCUT2D eigenvalue weighted by Gasteiger charge is 2.17. The summed E-state index contributed by atoms with van der Waals surface area (Å²) < 4.78 is 0. The molecule has 1 aliphatic rings. The van der Waals surface area contributed by atoms with Crippen molar-refractivity contribution in [2.75, 3.05) is 17.3 Å². The number of hydrogen-bond acceptors (Lipinski definition) is 7. The number of amidine groups is 1. The van der Waals surface area contributed by atoms with Crippen LogP contribution in [0.5, 0.6) is 0 Å². The summed E-state index contributed by atoms with van der Waals surface area (Å²) in [5.41, 5.74) is 5.36. The maximum absolute atomic E-state index is 11.4. The Bertz CT molecular complexity index is 893. The number of hydrazone groups is 1. The molecule has 0 radical (unpaired) electrons. The standard InChI is InChI=1S/C17H19ClN6OS/c1-3-13-8-19-17(26-13)21-12-6-4-11(5-7-12)10(2)22-23-14-9-20-24-16(25)15(14)18/h4-7,9,13H,3,8H2,1-2H3,(H,19,21)(H2,23,24,25)/b22-10-/t13-/m0/s1. The van der Waals surface area contributed by atoms with Crippen LogP contribution in [0.25, 0.3) is 0 Å². The molecule has 1 aromatic carbocycles. The van der Waals surface area contributed by atoms with Gasteiger partial charge in [-0.2, -0.15) is 10.2 Å². The molecule has 0 aliphatic carbocycles. The third kappa shape index (κ3) is 4.44. The van der Waals surface area contributed by atoms with Crippen molar-refractivity contribution in [1.29, 1.82) is 0 Å². The average Bonchev–Trinajstić information content (AvgIpc) is 3.11. The molecule has 9 heteroatoms. The van der Waals surface area contributed by atoms with Crippen molar-refractivity contribution in [3.63, 3.8) is 0 Å². The molecule has 1 aromatic heterocycles. The number of nitrogens with one attached hydrogen (secondary N) is 3. The fraction of sp³-hybridized carbons (Fsp3) is 0.294. The lowest BCUT2D eigenvalue weighted by Gasteiger charge is -2.08. The first-order valence-electron chi connectivity index (χ1n) is 8.19. The fourth-order valence-electron chi connectivity index (χ4n) is 2.29. The van der Waals surface area contributed by atoms with Crippen LogP contribution >= 0.6 is 23.4 Å². The Hall–Kier alpha value is -2.32. The molecule has 2 heterocycles. The Morgan fingerprint density at radius 3 is 2.88 bits per heavy atom. The number of anilines is 2. The van der Waals surface area contributed by atoms with Crippen LogP contribution in [0.2, 0.25) is 5.02 Å². The van der Waals surface area contributed by atoms with Crippen LogP contribution < -0.4 is 16.3 Å². The number of hydrogen-bond donors (Lipinski definition) is 3. The summed E-state index contributed by atoms with van der Waals surface area (Å²) in [4.78, 5) is 15.9. The molecule has 0 amide bonds.